The van der Waals surface area contributed by atoms with Crippen LogP contribution in [-0.2, 0) is 0 Å². The standard InChI is InChI=1S/C12H26.C11H25N.C7H16.2C3H8.C2H6/c1-4-7-8-9-11-12(6-3)10-5-2;1-3-4-5-6-7-8-9-10-11-12-2;1-4-6-7(3)5-2;2*1-3-2;1-2/h12H,4-11H2,1-3H3;12H,3-11H2,1-2H3;7H,4-6H2,1-3H3;2*3H2,1-2H3;1-2H3. The van der Waals surface area contributed by atoms with Crippen LogP contribution < -0.4 is 5.32 Å². The number of hydrogen-bond donors (Lipinski definition) is 1. The fraction of sp³-hybridized carbons (Fsp3) is 1.00. The van der Waals surface area contributed by atoms with Crippen molar-refractivity contribution in [2.45, 2.75) is 225 Å². The lowest BCUT2D eigenvalue weighted by Crippen LogP contribution is -2.06. The van der Waals surface area contributed by atoms with E-state index < -0.39 is 0 Å². The van der Waals surface area contributed by atoms with Crippen molar-refractivity contribution in [3.8, 4) is 0 Å². The SMILES string of the molecule is CC.CCC.CCC.CCCC(C)CC.CCCCCCC(CC)CCC.CCCCCCCCCCNC. The average molecular weight is 560 g/mol. The molecule has 0 aliphatic heterocycles. The Morgan fingerprint density at radius 3 is 1.13 bits per heavy atom. The van der Waals surface area contributed by atoms with Crippen LogP contribution in [0.5, 0.6) is 0 Å². The molecule has 0 aliphatic rings. The van der Waals surface area contributed by atoms with Crippen molar-refractivity contribution in [2.24, 2.45) is 11.8 Å². The number of rotatable bonds is 20. The zero-order chi connectivity index (χ0) is 31.4. The maximum absolute atomic E-state index is 3.18. The molecule has 0 saturated heterocycles. The minimum atomic E-state index is 0.949. The maximum Gasteiger partial charge on any atom is -0.00519 e. The van der Waals surface area contributed by atoms with Gasteiger partial charge in [0.25, 0.3) is 0 Å². The lowest BCUT2D eigenvalue weighted by molar-refractivity contribution is 0.410. The number of nitrogens with one attached hydrogen (secondary N) is 1. The second-order valence-electron chi connectivity index (χ2n) is 11.2. The minimum absolute atomic E-state index is 0.949. The van der Waals surface area contributed by atoms with E-state index >= 15 is 0 Å². The summed E-state index contributed by atoms with van der Waals surface area (Å²) >= 11 is 0. The van der Waals surface area contributed by atoms with Crippen molar-refractivity contribution in [2.75, 3.05) is 13.6 Å². The predicted octanol–water partition coefficient (Wildman–Crippen LogP) is 14.8. The molecule has 246 valence electrons. The van der Waals surface area contributed by atoms with E-state index in [9.17, 15) is 0 Å². The van der Waals surface area contributed by atoms with E-state index in [-0.39, 0.29) is 0 Å². The third-order valence-corrected chi connectivity index (χ3v) is 6.50. The molecular weight excluding hydrogens is 470 g/mol. The van der Waals surface area contributed by atoms with Gasteiger partial charge < -0.3 is 5.32 Å². The molecule has 0 aromatic heterocycles. The van der Waals surface area contributed by atoms with Crippen LogP contribution in [0.1, 0.15) is 225 Å². The summed E-state index contributed by atoms with van der Waals surface area (Å²) in [5, 5.41) is 3.18. The van der Waals surface area contributed by atoms with Gasteiger partial charge in [0.1, 0.15) is 0 Å². The first-order chi connectivity index (χ1) is 18.9. The molecule has 1 N–H and O–H groups in total. The van der Waals surface area contributed by atoms with Crippen LogP contribution in [0.3, 0.4) is 0 Å². The highest BCUT2D eigenvalue weighted by molar-refractivity contribution is 4.56. The van der Waals surface area contributed by atoms with Gasteiger partial charge in [-0.05, 0) is 31.8 Å². The molecule has 2 unspecified atom stereocenters. The van der Waals surface area contributed by atoms with Crippen LogP contribution >= 0.6 is 0 Å². The smallest absolute Gasteiger partial charge is 0.00519 e. The molecule has 0 fully saturated rings. The molecular formula is C38H89N. The Morgan fingerprint density at radius 2 is 0.821 bits per heavy atom. The summed E-state index contributed by atoms with van der Waals surface area (Å²) in [6.45, 7) is 29.7. The third kappa shape index (κ3) is 78.8. The highest BCUT2D eigenvalue weighted by Crippen LogP contribution is 2.18. The quantitative estimate of drug-likeness (QED) is 0.146. The Balaban J connectivity index is -0.0000000941. The molecule has 0 amide bonds. The van der Waals surface area contributed by atoms with Crippen molar-refractivity contribution in [1.29, 1.82) is 0 Å². The van der Waals surface area contributed by atoms with Gasteiger partial charge in [-0.25, -0.2) is 0 Å². The minimum Gasteiger partial charge on any atom is -0.320 e. The Kier molecular flexibility index (Phi) is 81.9. The van der Waals surface area contributed by atoms with Crippen LogP contribution in [0.15, 0.2) is 0 Å². The molecule has 1 heteroatoms. The molecule has 0 aliphatic carbocycles. The van der Waals surface area contributed by atoms with E-state index in [2.05, 4.69) is 81.5 Å². The molecule has 0 spiro atoms. The van der Waals surface area contributed by atoms with Crippen LogP contribution in [0.25, 0.3) is 0 Å². The van der Waals surface area contributed by atoms with E-state index in [1.807, 2.05) is 20.9 Å². The monoisotopic (exact) mass is 560 g/mol. The molecule has 0 aromatic rings. The molecule has 0 radical (unpaired) electrons. The summed E-state index contributed by atoms with van der Waals surface area (Å²) in [6.07, 6.45) is 29.3. The third-order valence-electron chi connectivity index (χ3n) is 6.50. The van der Waals surface area contributed by atoms with E-state index in [1.54, 1.807) is 0 Å². The topological polar surface area (TPSA) is 12.0 Å². The van der Waals surface area contributed by atoms with Gasteiger partial charge in [-0.3, -0.25) is 0 Å². The van der Waals surface area contributed by atoms with Gasteiger partial charge in [0.05, 0.1) is 0 Å². The largest absolute Gasteiger partial charge is 0.320 e. The van der Waals surface area contributed by atoms with Crippen molar-refractivity contribution in [1.82, 2.24) is 5.32 Å². The second kappa shape index (κ2) is 61.8. The van der Waals surface area contributed by atoms with Gasteiger partial charge in [0, 0.05) is 0 Å². The lowest BCUT2D eigenvalue weighted by Gasteiger charge is -2.12. The van der Waals surface area contributed by atoms with Crippen LogP contribution in [0.2, 0.25) is 0 Å². The van der Waals surface area contributed by atoms with Crippen LogP contribution in [0.4, 0.5) is 0 Å². The van der Waals surface area contributed by atoms with Gasteiger partial charge in [-0.1, -0.05) is 218 Å². The highest BCUT2D eigenvalue weighted by atomic mass is 14.8. The van der Waals surface area contributed by atoms with Gasteiger partial charge >= 0.3 is 0 Å². The van der Waals surface area contributed by atoms with Crippen molar-refractivity contribution in [3.05, 3.63) is 0 Å². The maximum atomic E-state index is 3.18. The van der Waals surface area contributed by atoms with Gasteiger partial charge in [-0.2, -0.15) is 0 Å². The fourth-order valence-electron chi connectivity index (χ4n) is 3.95. The zero-order valence-electron chi connectivity index (χ0n) is 31.2. The van der Waals surface area contributed by atoms with Crippen molar-refractivity contribution in [3.63, 3.8) is 0 Å². The molecule has 1 nitrogen and oxygen atoms in total. The number of hydrogen-bond acceptors (Lipinski definition) is 1. The Morgan fingerprint density at radius 1 is 0.436 bits per heavy atom. The van der Waals surface area contributed by atoms with Gasteiger partial charge in [0.2, 0.25) is 0 Å². The Labute approximate surface area is 255 Å². The molecule has 39 heavy (non-hydrogen) atoms. The molecule has 0 rings (SSSR count). The molecule has 0 bridgehead atoms. The second-order valence-corrected chi connectivity index (χ2v) is 11.2. The fourth-order valence-corrected chi connectivity index (χ4v) is 3.95. The van der Waals surface area contributed by atoms with E-state index in [0.29, 0.717) is 0 Å². The first kappa shape index (κ1) is 51.7. The first-order valence-electron chi connectivity index (χ1n) is 18.5. The summed E-state index contributed by atoms with van der Waals surface area (Å²) in [6, 6.07) is 0. The van der Waals surface area contributed by atoms with Crippen LogP contribution in [0, 0.1) is 11.8 Å². The highest BCUT2D eigenvalue weighted by Gasteiger charge is 2.03. The zero-order valence-corrected chi connectivity index (χ0v) is 31.2. The first-order valence-corrected chi connectivity index (χ1v) is 18.5. The molecule has 0 aromatic carbocycles. The molecule has 2 atom stereocenters. The normalized spacial score (nSPS) is 10.9. The molecule has 0 saturated carbocycles. The van der Waals surface area contributed by atoms with Gasteiger partial charge in [0.15, 0.2) is 0 Å². The predicted molar refractivity (Wildman–Crippen MR) is 192 cm³/mol. The summed E-state index contributed by atoms with van der Waals surface area (Å²) in [5.41, 5.74) is 0. The summed E-state index contributed by atoms with van der Waals surface area (Å²) in [5.74, 6) is 1.97. The van der Waals surface area contributed by atoms with E-state index in [1.165, 1.54) is 141 Å². The Bertz CT molecular complexity index is 276. The van der Waals surface area contributed by atoms with Crippen molar-refractivity contribution >= 4 is 0 Å². The number of unbranched alkanes of at least 4 members (excludes halogenated alkanes) is 10. The van der Waals surface area contributed by atoms with E-state index in [0.717, 1.165) is 11.8 Å². The molecule has 0 heterocycles. The van der Waals surface area contributed by atoms with Gasteiger partial charge in [-0.15, -0.1) is 0 Å². The Hall–Kier alpha value is -0.0400. The summed E-state index contributed by atoms with van der Waals surface area (Å²) < 4.78 is 0. The van der Waals surface area contributed by atoms with Crippen LogP contribution in [-0.4, -0.2) is 13.6 Å². The van der Waals surface area contributed by atoms with Crippen molar-refractivity contribution < 1.29 is 0 Å². The summed E-state index contributed by atoms with van der Waals surface area (Å²) in [4.78, 5) is 0. The lowest BCUT2D eigenvalue weighted by atomic mass is 9.94. The van der Waals surface area contributed by atoms with E-state index in [4.69, 9.17) is 0 Å². The average Bonchev–Trinajstić information content (AvgIpc) is 2.95. The summed E-state index contributed by atoms with van der Waals surface area (Å²) in [7, 11) is 2.03.